The zero-order valence-electron chi connectivity index (χ0n) is 13.2. The molecule has 116 valence electrons. The molecule has 1 aliphatic heterocycles. The number of primary amides is 1. The van der Waals surface area contributed by atoms with Gasteiger partial charge < -0.3 is 16.0 Å². The van der Waals surface area contributed by atoms with E-state index in [2.05, 4.69) is 29.0 Å². The third-order valence-corrected chi connectivity index (χ3v) is 4.83. The molecule has 0 radical (unpaired) electrons. The molecule has 5 nitrogen and oxygen atoms in total. The molecule has 0 aromatic carbocycles. The molecule has 2 fully saturated rings. The molecule has 5 heteroatoms. The van der Waals surface area contributed by atoms with E-state index in [-0.39, 0.29) is 5.91 Å². The number of rotatable bonds is 7. The van der Waals surface area contributed by atoms with Gasteiger partial charge in [-0.2, -0.15) is 0 Å². The molecule has 0 aromatic heterocycles. The fourth-order valence-corrected chi connectivity index (χ4v) is 3.07. The Hall–Kier alpha value is -0.650. The highest BCUT2D eigenvalue weighted by Crippen LogP contribution is 2.24. The molecule has 0 bridgehead atoms. The van der Waals surface area contributed by atoms with E-state index in [9.17, 15) is 4.79 Å². The topological polar surface area (TPSA) is 61.6 Å². The summed E-state index contributed by atoms with van der Waals surface area (Å²) in [6, 6.07) is 1.10. The first kappa shape index (κ1) is 15.7. The summed E-state index contributed by atoms with van der Waals surface area (Å²) in [5.41, 5.74) is 5.06. The Morgan fingerprint density at radius 2 is 2.10 bits per heavy atom. The van der Waals surface area contributed by atoms with Gasteiger partial charge >= 0.3 is 0 Å². The maximum Gasteiger partial charge on any atom is 0.237 e. The van der Waals surface area contributed by atoms with Gasteiger partial charge in [0.25, 0.3) is 0 Å². The van der Waals surface area contributed by atoms with Crippen molar-refractivity contribution < 1.29 is 4.79 Å². The smallest absolute Gasteiger partial charge is 0.237 e. The van der Waals surface area contributed by atoms with Gasteiger partial charge in [0.1, 0.15) is 0 Å². The number of hydrogen-bond acceptors (Lipinski definition) is 4. The lowest BCUT2D eigenvalue weighted by Gasteiger charge is -2.40. The van der Waals surface area contributed by atoms with Crippen LogP contribution < -0.4 is 11.1 Å². The Morgan fingerprint density at radius 3 is 2.60 bits per heavy atom. The van der Waals surface area contributed by atoms with E-state index < -0.39 is 5.54 Å². The monoisotopic (exact) mass is 282 g/mol. The van der Waals surface area contributed by atoms with E-state index in [0.29, 0.717) is 12.1 Å². The molecule has 2 rings (SSSR count). The van der Waals surface area contributed by atoms with Gasteiger partial charge in [0.05, 0.1) is 5.54 Å². The number of amides is 1. The number of carbonyl (C=O) groups is 1. The van der Waals surface area contributed by atoms with E-state index in [0.717, 1.165) is 39.1 Å². The first-order valence-electron chi connectivity index (χ1n) is 7.98. The minimum atomic E-state index is -0.549. The molecule has 1 amide bonds. The number of nitrogens with two attached hydrogens (primary N) is 1. The number of piperazine rings is 1. The second-order valence-electron chi connectivity index (χ2n) is 6.64. The van der Waals surface area contributed by atoms with Crippen molar-refractivity contribution in [3.05, 3.63) is 0 Å². The average molecular weight is 282 g/mol. The standard InChI is InChI=1S/C15H30N4O/c1-4-19-10-9-18(11-12(19)2)8-7-15(3,14(16)20)17-13-5-6-13/h12-13,17H,4-11H2,1-3H3,(H2,16,20). The Kier molecular flexibility index (Phi) is 5.04. The van der Waals surface area contributed by atoms with Gasteiger partial charge in [0, 0.05) is 38.3 Å². The van der Waals surface area contributed by atoms with Crippen LogP contribution in [0.4, 0.5) is 0 Å². The van der Waals surface area contributed by atoms with Crippen LogP contribution in [0.25, 0.3) is 0 Å². The Bertz CT molecular complexity index is 345. The molecular weight excluding hydrogens is 252 g/mol. The number of nitrogens with zero attached hydrogens (tertiary/aromatic N) is 2. The SMILES string of the molecule is CCN1CCN(CCC(C)(NC2CC2)C(N)=O)CC1C. The molecule has 2 aliphatic rings. The molecule has 1 heterocycles. The summed E-state index contributed by atoms with van der Waals surface area (Å²) in [6.07, 6.45) is 3.15. The molecule has 2 unspecified atom stereocenters. The van der Waals surface area contributed by atoms with E-state index in [4.69, 9.17) is 5.73 Å². The fraction of sp³-hybridized carbons (Fsp3) is 0.933. The van der Waals surface area contributed by atoms with Crippen molar-refractivity contribution >= 4 is 5.91 Å². The van der Waals surface area contributed by atoms with Crippen LogP contribution in [-0.2, 0) is 4.79 Å². The van der Waals surface area contributed by atoms with Crippen LogP contribution >= 0.6 is 0 Å². The zero-order chi connectivity index (χ0) is 14.8. The van der Waals surface area contributed by atoms with Crippen molar-refractivity contribution in [3.63, 3.8) is 0 Å². The molecule has 1 aliphatic carbocycles. The van der Waals surface area contributed by atoms with Gasteiger partial charge in [-0.15, -0.1) is 0 Å². The van der Waals surface area contributed by atoms with Gasteiger partial charge in [-0.25, -0.2) is 0 Å². The highest BCUT2D eigenvalue weighted by atomic mass is 16.1. The van der Waals surface area contributed by atoms with Crippen molar-refractivity contribution in [2.75, 3.05) is 32.7 Å². The summed E-state index contributed by atoms with van der Waals surface area (Å²) < 4.78 is 0. The summed E-state index contributed by atoms with van der Waals surface area (Å²) in [5.74, 6) is -0.218. The van der Waals surface area contributed by atoms with Crippen LogP contribution in [-0.4, -0.2) is 66.1 Å². The predicted octanol–water partition coefficient (Wildman–Crippen LogP) is 0.399. The quantitative estimate of drug-likeness (QED) is 0.709. The maximum atomic E-state index is 11.8. The summed E-state index contributed by atoms with van der Waals surface area (Å²) >= 11 is 0. The molecule has 3 N–H and O–H groups in total. The Labute approximate surface area is 122 Å². The van der Waals surface area contributed by atoms with Crippen molar-refractivity contribution in [1.29, 1.82) is 0 Å². The van der Waals surface area contributed by atoms with Crippen LogP contribution in [0.5, 0.6) is 0 Å². The number of hydrogen-bond donors (Lipinski definition) is 2. The van der Waals surface area contributed by atoms with Gasteiger partial charge in [-0.3, -0.25) is 9.69 Å². The lowest BCUT2D eigenvalue weighted by atomic mass is 9.96. The summed E-state index contributed by atoms with van der Waals surface area (Å²) in [7, 11) is 0. The van der Waals surface area contributed by atoms with E-state index >= 15 is 0 Å². The molecular formula is C15H30N4O. The lowest BCUT2D eigenvalue weighted by molar-refractivity contribution is -0.124. The van der Waals surface area contributed by atoms with Gasteiger partial charge in [0.15, 0.2) is 0 Å². The third kappa shape index (κ3) is 3.93. The zero-order valence-corrected chi connectivity index (χ0v) is 13.2. The average Bonchev–Trinajstić information content (AvgIpc) is 3.20. The fourth-order valence-electron chi connectivity index (χ4n) is 3.07. The van der Waals surface area contributed by atoms with Crippen LogP contribution in [0.2, 0.25) is 0 Å². The second kappa shape index (κ2) is 6.41. The lowest BCUT2D eigenvalue weighted by Crippen LogP contribution is -2.57. The third-order valence-electron chi connectivity index (χ3n) is 4.83. The molecule has 20 heavy (non-hydrogen) atoms. The normalized spacial score (nSPS) is 28.2. The van der Waals surface area contributed by atoms with Crippen molar-refractivity contribution in [1.82, 2.24) is 15.1 Å². The van der Waals surface area contributed by atoms with Crippen LogP contribution in [0, 0.1) is 0 Å². The number of carbonyl (C=O) groups excluding carboxylic acids is 1. The number of nitrogens with one attached hydrogen (secondary N) is 1. The molecule has 1 saturated carbocycles. The van der Waals surface area contributed by atoms with Crippen molar-refractivity contribution in [2.45, 2.75) is 57.7 Å². The largest absolute Gasteiger partial charge is 0.368 e. The predicted molar refractivity (Wildman–Crippen MR) is 81.5 cm³/mol. The van der Waals surface area contributed by atoms with Crippen LogP contribution in [0.3, 0.4) is 0 Å². The Morgan fingerprint density at radius 1 is 1.40 bits per heavy atom. The van der Waals surface area contributed by atoms with Gasteiger partial charge in [-0.05, 0) is 39.7 Å². The Balaban J connectivity index is 1.82. The summed E-state index contributed by atoms with van der Waals surface area (Å²) in [6.45, 7) is 11.8. The highest BCUT2D eigenvalue weighted by Gasteiger charge is 2.37. The van der Waals surface area contributed by atoms with Crippen molar-refractivity contribution in [2.24, 2.45) is 5.73 Å². The summed E-state index contributed by atoms with van der Waals surface area (Å²) in [4.78, 5) is 16.7. The minimum absolute atomic E-state index is 0.218. The van der Waals surface area contributed by atoms with E-state index in [1.165, 1.54) is 12.8 Å². The summed E-state index contributed by atoms with van der Waals surface area (Å²) in [5, 5.41) is 3.43. The maximum absolute atomic E-state index is 11.8. The number of likely N-dealkylation sites (N-methyl/N-ethyl adjacent to an activating group) is 1. The first-order chi connectivity index (χ1) is 9.44. The van der Waals surface area contributed by atoms with Crippen molar-refractivity contribution in [3.8, 4) is 0 Å². The highest BCUT2D eigenvalue weighted by molar-refractivity contribution is 5.84. The molecule has 1 saturated heterocycles. The van der Waals surface area contributed by atoms with Crippen LogP contribution in [0.1, 0.15) is 40.0 Å². The van der Waals surface area contributed by atoms with Crippen LogP contribution in [0.15, 0.2) is 0 Å². The molecule has 0 spiro atoms. The molecule has 0 aromatic rings. The molecule has 2 atom stereocenters. The minimum Gasteiger partial charge on any atom is -0.368 e. The van der Waals surface area contributed by atoms with E-state index in [1.54, 1.807) is 0 Å². The first-order valence-corrected chi connectivity index (χ1v) is 7.98. The second-order valence-corrected chi connectivity index (χ2v) is 6.64. The van der Waals surface area contributed by atoms with Gasteiger partial charge in [0.2, 0.25) is 5.91 Å². The van der Waals surface area contributed by atoms with E-state index in [1.807, 2.05) is 6.92 Å². The van der Waals surface area contributed by atoms with Gasteiger partial charge in [-0.1, -0.05) is 6.92 Å².